The van der Waals surface area contributed by atoms with E-state index in [1.165, 1.54) is 12.8 Å². The third-order valence-corrected chi connectivity index (χ3v) is 18.5. The number of likely N-dealkylation sites (tertiary alicyclic amines) is 1. The molecule has 8 heterocycles. The first-order valence-corrected chi connectivity index (χ1v) is 27.6. The summed E-state index contributed by atoms with van der Waals surface area (Å²) in [5.41, 5.74) is 5.06. The number of pyridine rings is 1. The van der Waals surface area contributed by atoms with Gasteiger partial charge in [0.2, 0.25) is 11.8 Å². The van der Waals surface area contributed by atoms with Gasteiger partial charge < -0.3 is 39.5 Å². The van der Waals surface area contributed by atoms with Crippen LogP contribution in [0.3, 0.4) is 0 Å². The van der Waals surface area contributed by atoms with E-state index in [0.29, 0.717) is 65.5 Å². The second-order valence-corrected chi connectivity index (χ2v) is 23.2. The Labute approximate surface area is 431 Å². The molecule has 1 spiro atoms. The lowest BCUT2D eigenvalue weighted by Gasteiger charge is -2.47. The number of carbonyl (C=O) groups is 3. The Morgan fingerprint density at radius 3 is 2.34 bits per heavy atom. The highest BCUT2D eigenvalue weighted by Crippen LogP contribution is 2.49. The van der Waals surface area contributed by atoms with Gasteiger partial charge in [-0.25, -0.2) is 4.39 Å². The Bertz CT molecular complexity index is 3020. The number of fused-ring (bicyclic) bond motifs is 5. The number of ether oxygens (including phenoxy) is 2. The van der Waals surface area contributed by atoms with Crippen LogP contribution in [0.5, 0.6) is 11.8 Å². The number of nitrogens with one attached hydrogen (secondary N) is 2. The lowest BCUT2D eigenvalue weighted by atomic mass is 9.67. The molecular formula is C58H68FN9O6. The van der Waals surface area contributed by atoms with Gasteiger partial charge in [-0.05, 0) is 148 Å². The normalized spacial score (nSPS) is 25.1. The topological polar surface area (TPSA) is 166 Å². The highest BCUT2D eigenvalue weighted by molar-refractivity contribution is 6.06. The molecule has 3 atom stereocenters. The Morgan fingerprint density at radius 2 is 1.59 bits per heavy atom. The third-order valence-electron chi connectivity index (χ3n) is 18.5. The van der Waals surface area contributed by atoms with Crippen LogP contribution in [-0.2, 0) is 27.3 Å². The molecule has 2 aliphatic carbocycles. The van der Waals surface area contributed by atoms with E-state index in [4.69, 9.17) is 24.4 Å². The molecule has 2 saturated carbocycles. The molecule has 2 bridgehead atoms. The molecule has 74 heavy (non-hydrogen) atoms. The Balaban J connectivity index is 0.613. The van der Waals surface area contributed by atoms with Gasteiger partial charge >= 0.3 is 6.01 Å². The number of hydrogen-bond acceptors (Lipinski definition) is 13. The molecule has 388 valence electrons. The number of amides is 3. The van der Waals surface area contributed by atoms with Gasteiger partial charge in [0, 0.05) is 99.3 Å². The molecule has 15 nitrogen and oxygen atoms in total. The van der Waals surface area contributed by atoms with Crippen molar-refractivity contribution in [2.24, 2.45) is 10.8 Å². The number of phenols is 1. The number of imide groups is 1. The van der Waals surface area contributed by atoms with Crippen molar-refractivity contribution in [1.29, 1.82) is 0 Å². The summed E-state index contributed by atoms with van der Waals surface area (Å²) in [5.74, 6) is -0.593. The van der Waals surface area contributed by atoms with Crippen molar-refractivity contribution < 1.29 is 33.4 Å². The number of rotatable bonds is 12. The van der Waals surface area contributed by atoms with Gasteiger partial charge in [0.05, 0.1) is 24.2 Å². The van der Waals surface area contributed by atoms with Gasteiger partial charge in [-0.3, -0.25) is 24.7 Å². The van der Waals surface area contributed by atoms with E-state index >= 15 is 4.39 Å². The minimum absolute atomic E-state index is 0.00503. The van der Waals surface area contributed by atoms with Gasteiger partial charge in [-0.2, -0.15) is 9.97 Å². The molecule has 5 saturated heterocycles. The van der Waals surface area contributed by atoms with Gasteiger partial charge in [-0.1, -0.05) is 25.1 Å². The maximum atomic E-state index is 17.2. The molecule has 3 unspecified atom stereocenters. The zero-order chi connectivity index (χ0) is 50.3. The number of piperazine rings is 1. The van der Waals surface area contributed by atoms with Crippen LogP contribution in [-0.4, -0.2) is 130 Å². The Kier molecular flexibility index (Phi) is 12.3. The van der Waals surface area contributed by atoms with Crippen molar-refractivity contribution in [2.45, 2.75) is 140 Å². The predicted molar refractivity (Wildman–Crippen MR) is 280 cm³/mol. The summed E-state index contributed by atoms with van der Waals surface area (Å²) in [7, 11) is 0. The Hall–Kier alpha value is -5.97. The van der Waals surface area contributed by atoms with Crippen LogP contribution in [0.15, 0.2) is 54.7 Å². The molecule has 8 aliphatic rings. The van der Waals surface area contributed by atoms with E-state index in [2.05, 4.69) is 44.4 Å². The number of anilines is 2. The van der Waals surface area contributed by atoms with Crippen molar-refractivity contribution in [1.82, 2.24) is 35.4 Å². The van der Waals surface area contributed by atoms with E-state index in [1.54, 1.807) is 23.2 Å². The maximum Gasteiger partial charge on any atom is 0.319 e. The summed E-state index contributed by atoms with van der Waals surface area (Å²) in [6.45, 7) is 9.41. The molecule has 7 fully saturated rings. The minimum Gasteiger partial charge on any atom is -0.508 e. The van der Waals surface area contributed by atoms with Crippen LogP contribution in [0.1, 0.15) is 118 Å². The summed E-state index contributed by atoms with van der Waals surface area (Å²) in [5, 5.41) is 19.2. The first kappa shape index (κ1) is 47.7. The molecule has 3 aromatic carbocycles. The molecule has 3 amide bonds. The number of benzene rings is 3. The summed E-state index contributed by atoms with van der Waals surface area (Å²) in [6, 6.07) is 15.7. The smallest absolute Gasteiger partial charge is 0.319 e. The largest absolute Gasteiger partial charge is 0.508 e. The molecule has 13 rings (SSSR count). The van der Waals surface area contributed by atoms with Gasteiger partial charge in [0.1, 0.15) is 28.8 Å². The molecule has 16 heteroatoms. The zero-order valence-electron chi connectivity index (χ0n) is 42.6. The van der Waals surface area contributed by atoms with Crippen LogP contribution in [0.2, 0.25) is 0 Å². The van der Waals surface area contributed by atoms with Gasteiger partial charge in [0.15, 0.2) is 5.82 Å². The van der Waals surface area contributed by atoms with Crippen molar-refractivity contribution >= 4 is 50.9 Å². The number of nitrogens with zero attached hydrogens (tertiary/aromatic N) is 7. The average Bonchev–Trinajstić information content (AvgIpc) is 3.99. The highest BCUT2D eigenvalue weighted by atomic mass is 19.1. The second kappa shape index (κ2) is 19.0. The van der Waals surface area contributed by atoms with Crippen LogP contribution in [0, 0.1) is 16.6 Å². The summed E-state index contributed by atoms with van der Waals surface area (Å²) < 4.78 is 30.7. The van der Waals surface area contributed by atoms with E-state index in [0.717, 1.165) is 144 Å². The van der Waals surface area contributed by atoms with Gasteiger partial charge in [-0.15, -0.1) is 0 Å². The number of aryl methyl sites for hydroxylation is 1. The van der Waals surface area contributed by atoms with E-state index in [1.807, 2.05) is 24.3 Å². The molecule has 6 aliphatic heterocycles. The van der Waals surface area contributed by atoms with Crippen molar-refractivity contribution in [3.8, 4) is 23.0 Å². The van der Waals surface area contributed by atoms with E-state index in [-0.39, 0.29) is 58.6 Å². The highest BCUT2D eigenvalue weighted by Gasteiger charge is 2.46. The fraction of sp³-hybridized carbons (Fsp3) is 0.552. The van der Waals surface area contributed by atoms with Crippen LogP contribution >= 0.6 is 0 Å². The van der Waals surface area contributed by atoms with Crippen molar-refractivity contribution in [3.63, 3.8) is 0 Å². The number of aromatic hydroxyl groups is 1. The van der Waals surface area contributed by atoms with Crippen LogP contribution < -0.4 is 25.2 Å². The van der Waals surface area contributed by atoms with E-state index < -0.39 is 11.9 Å². The monoisotopic (exact) mass is 1010 g/mol. The molecule has 5 aromatic rings. The number of piperidine rings is 3. The number of aromatic nitrogens is 3. The molecule has 0 radical (unpaired) electrons. The number of hydrogen-bond donors (Lipinski definition) is 3. The summed E-state index contributed by atoms with van der Waals surface area (Å²) in [6.07, 6.45) is 17.0. The Morgan fingerprint density at radius 1 is 0.824 bits per heavy atom. The number of halogens is 1. The fourth-order valence-electron chi connectivity index (χ4n) is 14.0. The second-order valence-electron chi connectivity index (χ2n) is 23.2. The molecule has 3 N–H and O–H groups in total. The third kappa shape index (κ3) is 9.01. The van der Waals surface area contributed by atoms with Crippen LogP contribution in [0.4, 0.5) is 15.9 Å². The summed E-state index contributed by atoms with van der Waals surface area (Å²) in [4.78, 5) is 61.1. The minimum atomic E-state index is -0.600. The standard InChI is InChI=1S/C58H68FN9O6/c1-2-35-4-3-5-36-27-41(69)28-45(49(35)36)51-50(59)52-46(29-60-51)53(67-31-38-6-7-39(32-67)61-38)64-56(63-52)73-34-58(18-19-58)33-65-22-14-43(15-23-65)74-42-12-16-57(17-13-42)20-24-66(25-21-57)40-8-9-44-37(26-40)30-68(55(44)72)47-10-11-48(70)62-54(47)71/h3-5,8-9,26-29,38-39,42-43,47,61,69H,2,6-7,10-25,30-34H2,1H3,(H,62,70,71). The van der Waals surface area contributed by atoms with Crippen molar-refractivity contribution in [3.05, 3.63) is 77.2 Å². The summed E-state index contributed by atoms with van der Waals surface area (Å²) >= 11 is 0. The maximum absolute atomic E-state index is 17.2. The lowest BCUT2D eigenvalue weighted by Crippen LogP contribution is -2.52. The zero-order valence-corrected chi connectivity index (χ0v) is 42.6. The first-order chi connectivity index (χ1) is 36.0. The first-order valence-electron chi connectivity index (χ1n) is 27.6. The van der Waals surface area contributed by atoms with Gasteiger partial charge in [0.25, 0.3) is 5.91 Å². The quantitative estimate of drug-likeness (QED) is 0.104. The van der Waals surface area contributed by atoms with E-state index in [9.17, 15) is 19.5 Å². The molecular weight excluding hydrogens is 938 g/mol. The lowest BCUT2D eigenvalue weighted by molar-refractivity contribution is -0.136. The SMILES string of the molecule is CCc1cccc2cc(O)cc(-c3ncc4c(N5CC6CCC(C5)N6)nc(OCC5(CN6CCC(OC7CCC8(CC7)CCN(c7ccc9c(c7)CN(C7CCC(=O)NC7=O)C9=O)CC8)CC6)CC5)nc4c3F)c12. The predicted octanol–water partition coefficient (Wildman–Crippen LogP) is 7.82. The van der Waals surface area contributed by atoms with Crippen LogP contribution in [0.25, 0.3) is 32.9 Å². The van der Waals surface area contributed by atoms with Crippen molar-refractivity contribution in [2.75, 3.05) is 62.2 Å². The number of carbonyl (C=O) groups excluding carboxylic acids is 3. The number of phenolic OH excluding ortho intramolecular Hbond substituents is 1. The average molecular weight is 1010 g/mol. The fourth-order valence-corrected chi connectivity index (χ4v) is 14.0. The molecule has 2 aromatic heterocycles.